The van der Waals surface area contributed by atoms with Gasteiger partial charge in [-0.1, -0.05) is 31.2 Å². The van der Waals surface area contributed by atoms with Crippen LogP contribution in [0.3, 0.4) is 0 Å². The Morgan fingerprint density at radius 1 is 1.27 bits per heavy atom. The van der Waals surface area contributed by atoms with Crippen LogP contribution in [-0.2, 0) is 5.41 Å². The van der Waals surface area contributed by atoms with Crippen molar-refractivity contribution in [3.63, 3.8) is 0 Å². The lowest BCUT2D eigenvalue weighted by Gasteiger charge is -2.32. The first-order valence-electron chi connectivity index (χ1n) is 8.86. The number of fused-ring (bicyclic) bond motifs is 3. The molecule has 2 fully saturated rings. The van der Waals surface area contributed by atoms with Crippen LogP contribution in [-0.4, -0.2) is 11.8 Å². The normalized spacial score (nSPS) is 39.0. The number of aliphatic imine (C=N–C) groups is 1. The molecule has 1 aliphatic heterocycles. The molecule has 2 unspecified atom stereocenters. The molecule has 1 aromatic rings. The van der Waals surface area contributed by atoms with Crippen molar-refractivity contribution >= 4 is 6.21 Å². The van der Waals surface area contributed by atoms with Gasteiger partial charge in [0.2, 0.25) is 0 Å². The van der Waals surface area contributed by atoms with Crippen LogP contribution in [0, 0.1) is 18.8 Å². The summed E-state index contributed by atoms with van der Waals surface area (Å²) in [6.07, 6.45) is 12.3. The van der Waals surface area contributed by atoms with E-state index in [9.17, 15) is 0 Å². The van der Waals surface area contributed by atoms with Crippen molar-refractivity contribution in [1.29, 1.82) is 0 Å². The SMILES string of the molecule is C=CC1CCC(CC23CC2(C)c2c(C)cccc2C=N3)CC1. The maximum Gasteiger partial charge on any atom is 0.0715 e. The molecule has 0 aromatic heterocycles. The van der Waals surface area contributed by atoms with Crippen molar-refractivity contribution in [1.82, 2.24) is 0 Å². The Hall–Kier alpha value is -1.37. The number of hydrogen-bond donors (Lipinski definition) is 0. The second kappa shape index (κ2) is 4.81. The fraction of sp³-hybridized carbons (Fsp3) is 0.571. The van der Waals surface area contributed by atoms with Gasteiger partial charge in [0.25, 0.3) is 0 Å². The molecule has 3 aliphatic rings. The summed E-state index contributed by atoms with van der Waals surface area (Å²) in [7, 11) is 0. The number of rotatable bonds is 3. The molecule has 0 bridgehead atoms. The molecule has 0 saturated heterocycles. The second-order valence-electron chi connectivity index (χ2n) is 8.06. The monoisotopic (exact) mass is 293 g/mol. The lowest BCUT2D eigenvalue weighted by atomic mass is 9.75. The van der Waals surface area contributed by atoms with Gasteiger partial charge < -0.3 is 0 Å². The lowest BCUT2D eigenvalue weighted by Crippen LogP contribution is -2.29. The molecule has 0 N–H and O–H groups in total. The molecule has 0 radical (unpaired) electrons. The molecular formula is C21H27N. The van der Waals surface area contributed by atoms with Gasteiger partial charge in [0, 0.05) is 11.6 Å². The Morgan fingerprint density at radius 3 is 2.77 bits per heavy atom. The van der Waals surface area contributed by atoms with Crippen LogP contribution >= 0.6 is 0 Å². The standard InChI is InChI=1S/C21H27N/c1-4-16-8-10-17(11-9-16)12-21-14-20(21,3)19-15(2)6-5-7-18(19)13-22-21/h4-7,13,16-17H,1,8-12,14H2,2-3H3. The molecule has 0 amide bonds. The van der Waals surface area contributed by atoms with Crippen molar-refractivity contribution in [3.8, 4) is 0 Å². The fourth-order valence-electron chi connectivity index (χ4n) is 5.25. The summed E-state index contributed by atoms with van der Waals surface area (Å²) in [6, 6.07) is 6.66. The Kier molecular flexibility index (Phi) is 3.11. The van der Waals surface area contributed by atoms with Crippen molar-refractivity contribution in [2.24, 2.45) is 16.8 Å². The lowest BCUT2D eigenvalue weighted by molar-refractivity contribution is 0.268. The topological polar surface area (TPSA) is 12.4 Å². The smallest absolute Gasteiger partial charge is 0.0715 e. The first-order chi connectivity index (χ1) is 10.6. The minimum Gasteiger partial charge on any atom is -0.285 e. The van der Waals surface area contributed by atoms with Crippen molar-refractivity contribution < 1.29 is 0 Å². The van der Waals surface area contributed by atoms with E-state index in [0.29, 0.717) is 0 Å². The summed E-state index contributed by atoms with van der Waals surface area (Å²) in [5.41, 5.74) is 4.87. The van der Waals surface area contributed by atoms with Gasteiger partial charge in [0.15, 0.2) is 0 Å². The third kappa shape index (κ3) is 1.94. The summed E-state index contributed by atoms with van der Waals surface area (Å²) in [4.78, 5) is 5.08. The zero-order valence-corrected chi connectivity index (χ0v) is 13.9. The van der Waals surface area contributed by atoms with Gasteiger partial charge in [-0.05, 0) is 74.0 Å². The van der Waals surface area contributed by atoms with Crippen LogP contribution in [0.4, 0.5) is 0 Å². The van der Waals surface area contributed by atoms with E-state index in [0.717, 1.165) is 11.8 Å². The molecule has 22 heavy (non-hydrogen) atoms. The average Bonchev–Trinajstić information content (AvgIpc) is 3.13. The van der Waals surface area contributed by atoms with E-state index >= 15 is 0 Å². The molecule has 1 aromatic carbocycles. The predicted octanol–water partition coefficient (Wildman–Crippen LogP) is 5.21. The van der Waals surface area contributed by atoms with Gasteiger partial charge in [-0.25, -0.2) is 0 Å². The van der Waals surface area contributed by atoms with Gasteiger partial charge in [0.1, 0.15) is 0 Å². The van der Waals surface area contributed by atoms with Gasteiger partial charge in [0.05, 0.1) is 5.54 Å². The molecular weight excluding hydrogens is 266 g/mol. The molecule has 2 aliphatic carbocycles. The quantitative estimate of drug-likeness (QED) is 0.678. The van der Waals surface area contributed by atoms with Crippen LogP contribution in [0.15, 0.2) is 35.8 Å². The summed E-state index contributed by atoms with van der Waals surface area (Å²) < 4.78 is 0. The van der Waals surface area contributed by atoms with E-state index in [-0.39, 0.29) is 11.0 Å². The summed E-state index contributed by atoms with van der Waals surface area (Å²) >= 11 is 0. The molecule has 1 heterocycles. The Labute approximate surface area is 134 Å². The molecule has 1 heteroatoms. The van der Waals surface area contributed by atoms with Crippen molar-refractivity contribution in [2.45, 2.75) is 63.3 Å². The highest BCUT2D eigenvalue weighted by atomic mass is 15.0. The number of allylic oxidation sites excluding steroid dienone is 1. The van der Waals surface area contributed by atoms with Crippen LogP contribution in [0.2, 0.25) is 0 Å². The maximum atomic E-state index is 5.08. The Balaban J connectivity index is 1.56. The third-order valence-electron chi connectivity index (χ3n) is 6.71. The second-order valence-corrected chi connectivity index (χ2v) is 8.06. The maximum absolute atomic E-state index is 5.08. The van der Waals surface area contributed by atoms with E-state index in [1.807, 2.05) is 0 Å². The minimum atomic E-state index is 0.206. The van der Waals surface area contributed by atoms with E-state index in [1.165, 1.54) is 49.7 Å². The molecule has 116 valence electrons. The van der Waals surface area contributed by atoms with Crippen molar-refractivity contribution in [3.05, 3.63) is 47.5 Å². The molecule has 0 spiro atoms. The third-order valence-corrected chi connectivity index (χ3v) is 6.71. The molecule has 1 nitrogen and oxygen atoms in total. The highest BCUT2D eigenvalue weighted by Crippen LogP contribution is 2.66. The molecule has 4 rings (SSSR count). The average molecular weight is 293 g/mol. The van der Waals surface area contributed by atoms with E-state index in [1.54, 1.807) is 5.56 Å². The Morgan fingerprint density at radius 2 is 2.05 bits per heavy atom. The number of aryl methyl sites for hydroxylation is 1. The van der Waals surface area contributed by atoms with E-state index < -0.39 is 0 Å². The van der Waals surface area contributed by atoms with Crippen LogP contribution in [0.25, 0.3) is 0 Å². The summed E-state index contributed by atoms with van der Waals surface area (Å²) in [5, 5.41) is 0. The van der Waals surface area contributed by atoms with E-state index in [4.69, 9.17) is 4.99 Å². The van der Waals surface area contributed by atoms with Gasteiger partial charge in [-0.15, -0.1) is 6.58 Å². The first-order valence-corrected chi connectivity index (χ1v) is 8.86. The fourth-order valence-corrected chi connectivity index (χ4v) is 5.25. The van der Waals surface area contributed by atoms with Crippen molar-refractivity contribution in [2.75, 3.05) is 0 Å². The largest absolute Gasteiger partial charge is 0.285 e. The highest BCUT2D eigenvalue weighted by Gasteiger charge is 2.67. The molecule has 2 atom stereocenters. The van der Waals surface area contributed by atoms with Gasteiger partial charge in [-0.2, -0.15) is 0 Å². The number of benzene rings is 1. The predicted molar refractivity (Wildman–Crippen MR) is 93.7 cm³/mol. The number of hydrogen-bond acceptors (Lipinski definition) is 1. The summed E-state index contributed by atoms with van der Waals surface area (Å²) in [6.45, 7) is 8.68. The number of nitrogens with zero attached hydrogens (tertiary/aromatic N) is 1. The van der Waals surface area contributed by atoms with Crippen LogP contribution in [0.5, 0.6) is 0 Å². The Bertz CT molecular complexity index is 635. The van der Waals surface area contributed by atoms with Crippen LogP contribution in [0.1, 0.15) is 62.1 Å². The molecule has 2 saturated carbocycles. The van der Waals surface area contributed by atoms with Gasteiger partial charge in [-0.3, -0.25) is 4.99 Å². The zero-order valence-electron chi connectivity index (χ0n) is 13.9. The zero-order chi connectivity index (χ0) is 15.4. The minimum absolute atomic E-state index is 0.206. The van der Waals surface area contributed by atoms with Crippen LogP contribution < -0.4 is 0 Å². The van der Waals surface area contributed by atoms with E-state index in [2.05, 4.69) is 50.9 Å². The van der Waals surface area contributed by atoms with Gasteiger partial charge >= 0.3 is 0 Å². The summed E-state index contributed by atoms with van der Waals surface area (Å²) in [5.74, 6) is 1.62. The first kappa shape index (κ1) is 14.2. The highest BCUT2D eigenvalue weighted by molar-refractivity contribution is 5.87.